The van der Waals surface area contributed by atoms with Crippen molar-refractivity contribution in [2.75, 3.05) is 27.4 Å². The molecule has 0 saturated heterocycles. The first kappa shape index (κ1) is 21.7. The molecule has 0 unspecified atom stereocenters. The molecule has 0 atom stereocenters. The lowest BCUT2D eigenvalue weighted by molar-refractivity contribution is 1.06. The van der Waals surface area contributed by atoms with Crippen molar-refractivity contribution in [3.63, 3.8) is 0 Å². The Kier molecular flexibility index (Phi) is 6.08. The number of hydrogen-bond donors (Lipinski definition) is 5. The Morgan fingerprint density at radius 2 is 1.00 bits per heavy atom. The smallest absolute Gasteiger partial charge is 0.233 e. The molecule has 35 heavy (non-hydrogen) atoms. The zero-order valence-electron chi connectivity index (χ0n) is 18.8. The van der Waals surface area contributed by atoms with Crippen molar-refractivity contribution in [1.29, 1.82) is 0 Å². The van der Waals surface area contributed by atoms with Crippen molar-refractivity contribution in [3.8, 4) is 11.1 Å². The first-order valence-electron chi connectivity index (χ1n) is 11.0. The molecule has 0 radical (unpaired) electrons. The molecule has 0 bridgehead atoms. The maximum Gasteiger partial charge on any atom is 0.233 e. The normalized spacial score (nSPS) is 10.5. The van der Waals surface area contributed by atoms with Crippen LogP contribution in [0.1, 0.15) is 0 Å². The first-order chi connectivity index (χ1) is 17.1. The number of nitrogens with one attached hydrogen (secondary N) is 3. The van der Waals surface area contributed by atoms with Gasteiger partial charge in [0.25, 0.3) is 0 Å². The molecule has 0 aliphatic carbocycles. The van der Waals surface area contributed by atoms with E-state index >= 15 is 0 Å². The molecule has 8 heteroatoms. The number of nitrogens with zero attached hydrogens (tertiary/aromatic N) is 3. The second kappa shape index (κ2) is 9.80. The van der Waals surface area contributed by atoms with Gasteiger partial charge in [-0.05, 0) is 48.0 Å². The highest BCUT2D eigenvalue weighted by atomic mass is 15.3. The van der Waals surface area contributed by atoms with Gasteiger partial charge in [-0.3, -0.25) is 0 Å². The second-order valence-corrected chi connectivity index (χ2v) is 7.84. The van der Waals surface area contributed by atoms with E-state index in [1.807, 2.05) is 84.9 Å². The minimum absolute atomic E-state index is 0.358. The molecule has 0 amide bonds. The zero-order chi connectivity index (χ0) is 24.0. The van der Waals surface area contributed by atoms with E-state index in [2.05, 4.69) is 49.1 Å². The standard InChI is InChI=1S/C27H24N8/c28-19-10-6-12-21(16-19)30-25-33-26(31-22-13-7-11-20(29)17-22)35-27(34-25)32-24-15-5-4-14-23(24)18-8-2-1-3-9-18/h1-17H,28-29H2,(H3,30,31,32,33,34,35). The van der Waals surface area contributed by atoms with Gasteiger partial charge in [-0.1, -0.05) is 60.7 Å². The van der Waals surface area contributed by atoms with Crippen molar-refractivity contribution >= 4 is 46.3 Å². The van der Waals surface area contributed by atoms with Crippen LogP contribution in [0, 0.1) is 0 Å². The molecule has 172 valence electrons. The lowest BCUT2D eigenvalue weighted by Gasteiger charge is -2.14. The number of anilines is 8. The summed E-state index contributed by atoms with van der Waals surface area (Å²) in [6.07, 6.45) is 0. The molecule has 8 nitrogen and oxygen atoms in total. The topological polar surface area (TPSA) is 127 Å². The van der Waals surface area contributed by atoms with Gasteiger partial charge in [0.2, 0.25) is 17.8 Å². The highest BCUT2D eigenvalue weighted by Crippen LogP contribution is 2.30. The van der Waals surface area contributed by atoms with Crippen LogP contribution in [0.5, 0.6) is 0 Å². The third kappa shape index (κ3) is 5.45. The van der Waals surface area contributed by atoms with Crippen molar-refractivity contribution < 1.29 is 0 Å². The average molecular weight is 461 g/mol. The van der Waals surface area contributed by atoms with Gasteiger partial charge in [-0.15, -0.1) is 0 Å². The fourth-order valence-electron chi connectivity index (χ4n) is 3.62. The van der Waals surface area contributed by atoms with E-state index in [-0.39, 0.29) is 0 Å². The Morgan fingerprint density at radius 1 is 0.486 bits per heavy atom. The van der Waals surface area contributed by atoms with Crippen LogP contribution in [0.25, 0.3) is 11.1 Å². The summed E-state index contributed by atoms with van der Waals surface area (Å²) in [5, 5.41) is 9.77. The number of aromatic nitrogens is 3. The van der Waals surface area contributed by atoms with E-state index in [0.29, 0.717) is 29.2 Å². The van der Waals surface area contributed by atoms with Gasteiger partial charge < -0.3 is 27.4 Å². The molecule has 0 saturated carbocycles. The average Bonchev–Trinajstić information content (AvgIpc) is 2.85. The van der Waals surface area contributed by atoms with Crippen LogP contribution in [-0.2, 0) is 0 Å². The lowest BCUT2D eigenvalue weighted by atomic mass is 10.0. The first-order valence-corrected chi connectivity index (χ1v) is 11.0. The van der Waals surface area contributed by atoms with Gasteiger partial charge in [0.15, 0.2) is 0 Å². The maximum absolute atomic E-state index is 5.93. The number of nitrogen functional groups attached to an aromatic ring is 2. The van der Waals surface area contributed by atoms with Crippen molar-refractivity contribution in [3.05, 3.63) is 103 Å². The predicted octanol–water partition coefficient (Wildman–Crippen LogP) is 5.93. The summed E-state index contributed by atoms with van der Waals surface area (Å²) in [7, 11) is 0. The zero-order valence-corrected chi connectivity index (χ0v) is 18.8. The van der Waals surface area contributed by atoms with E-state index in [1.54, 1.807) is 0 Å². The summed E-state index contributed by atoms with van der Waals surface area (Å²) in [5.41, 5.74) is 17.7. The van der Waals surface area contributed by atoms with Crippen LogP contribution in [0.4, 0.5) is 46.3 Å². The van der Waals surface area contributed by atoms with Crippen LogP contribution in [0.15, 0.2) is 103 Å². The van der Waals surface area contributed by atoms with Crippen LogP contribution in [0.3, 0.4) is 0 Å². The summed E-state index contributed by atoms with van der Waals surface area (Å²) in [6, 6.07) is 32.9. The van der Waals surface area contributed by atoms with Crippen LogP contribution >= 0.6 is 0 Å². The summed E-state index contributed by atoms with van der Waals surface area (Å²) in [4.78, 5) is 13.7. The van der Waals surface area contributed by atoms with E-state index in [0.717, 1.165) is 28.2 Å². The Hall–Kier alpha value is -5.11. The molecule has 5 aromatic rings. The van der Waals surface area contributed by atoms with Gasteiger partial charge in [0.05, 0.1) is 0 Å². The molecular formula is C27H24N8. The van der Waals surface area contributed by atoms with Crippen LogP contribution in [0.2, 0.25) is 0 Å². The van der Waals surface area contributed by atoms with Crippen molar-refractivity contribution in [2.45, 2.75) is 0 Å². The highest BCUT2D eigenvalue weighted by molar-refractivity contribution is 5.80. The second-order valence-electron chi connectivity index (χ2n) is 7.84. The number of hydrogen-bond acceptors (Lipinski definition) is 8. The van der Waals surface area contributed by atoms with Gasteiger partial charge in [-0.25, -0.2) is 0 Å². The van der Waals surface area contributed by atoms with Gasteiger partial charge in [-0.2, -0.15) is 15.0 Å². The largest absolute Gasteiger partial charge is 0.399 e. The molecule has 7 N–H and O–H groups in total. The molecule has 0 aliphatic heterocycles. The number of nitrogens with two attached hydrogens (primary N) is 2. The summed E-state index contributed by atoms with van der Waals surface area (Å²) in [6.45, 7) is 0. The van der Waals surface area contributed by atoms with E-state index in [4.69, 9.17) is 11.5 Å². The van der Waals surface area contributed by atoms with E-state index < -0.39 is 0 Å². The van der Waals surface area contributed by atoms with Crippen molar-refractivity contribution in [1.82, 2.24) is 15.0 Å². The highest BCUT2D eigenvalue weighted by Gasteiger charge is 2.11. The predicted molar refractivity (Wildman–Crippen MR) is 143 cm³/mol. The monoisotopic (exact) mass is 460 g/mol. The molecule has 0 fully saturated rings. The van der Waals surface area contributed by atoms with E-state index in [1.165, 1.54) is 0 Å². The molecule has 1 heterocycles. The molecule has 0 spiro atoms. The number of benzene rings is 4. The third-order valence-corrected chi connectivity index (χ3v) is 5.18. The summed E-state index contributed by atoms with van der Waals surface area (Å²) < 4.78 is 0. The SMILES string of the molecule is Nc1cccc(Nc2nc(Nc3cccc(N)c3)nc(Nc3ccccc3-c3ccccc3)n2)c1. The van der Waals surface area contributed by atoms with Crippen molar-refractivity contribution in [2.24, 2.45) is 0 Å². The van der Waals surface area contributed by atoms with Gasteiger partial charge in [0.1, 0.15) is 0 Å². The molecule has 0 aliphatic rings. The van der Waals surface area contributed by atoms with E-state index in [9.17, 15) is 0 Å². The Balaban J connectivity index is 1.51. The Morgan fingerprint density at radius 3 is 1.57 bits per heavy atom. The van der Waals surface area contributed by atoms with Crippen LogP contribution < -0.4 is 27.4 Å². The molecule has 5 rings (SSSR count). The lowest BCUT2D eigenvalue weighted by Crippen LogP contribution is -2.08. The Bertz CT molecular complexity index is 1390. The number of para-hydroxylation sites is 1. The van der Waals surface area contributed by atoms with Crippen LogP contribution in [-0.4, -0.2) is 15.0 Å². The summed E-state index contributed by atoms with van der Waals surface area (Å²) >= 11 is 0. The number of rotatable bonds is 7. The maximum atomic E-state index is 5.93. The quantitative estimate of drug-likeness (QED) is 0.189. The fraction of sp³-hybridized carbons (Fsp3) is 0. The Labute approximate surface area is 203 Å². The third-order valence-electron chi connectivity index (χ3n) is 5.18. The molecule has 1 aromatic heterocycles. The fourth-order valence-corrected chi connectivity index (χ4v) is 3.62. The minimum Gasteiger partial charge on any atom is -0.399 e. The molecule has 4 aromatic carbocycles. The van der Waals surface area contributed by atoms with Gasteiger partial charge in [0, 0.05) is 34.0 Å². The minimum atomic E-state index is 0.358. The van der Waals surface area contributed by atoms with Gasteiger partial charge >= 0.3 is 0 Å². The summed E-state index contributed by atoms with van der Waals surface area (Å²) in [5.74, 6) is 1.09. The molecular weight excluding hydrogens is 436 g/mol.